The lowest BCUT2D eigenvalue weighted by Crippen LogP contribution is -2.10. The van der Waals surface area contributed by atoms with Gasteiger partial charge in [-0.3, -0.25) is 0 Å². The van der Waals surface area contributed by atoms with Crippen molar-refractivity contribution in [3.05, 3.63) is 23.3 Å². The third-order valence-corrected chi connectivity index (χ3v) is 2.13. The van der Waals surface area contributed by atoms with Crippen molar-refractivity contribution in [2.45, 2.75) is 13.3 Å². The molecule has 0 heterocycles. The Morgan fingerprint density at radius 1 is 1.31 bits per heavy atom. The number of phenols is 2. The molecule has 72 valence electrons. The van der Waals surface area contributed by atoms with Crippen LogP contribution in [0.1, 0.15) is 11.1 Å². The second-order valence-corrected chi connectivity index (χ2v) is 3.07. The highest BCUT2D eigenvalue weighted by molar-refractivity contribution is 5.47. The van der Waals surface area contributed by atoms with Gasteiger partial charge in [0.15, 0.2) is 0 Å². The van der Waals surface area contributed by atoms with E-state index in [1.165, 1.54) is 0 Å². The summed E-state index contributed by atoms with van der Waals surface area (Å²) in [5.41, 5.74) is 1.42. The van der Waals surface area contributed by atoms with E-state index in [2.05, 4.69) is 5.32 Å². The maximum atomic E-state index is 9.62. The van der Waals surface area contributed by atoms with E-state index in [9.17, 15) is 10.2 Å². The molecule has 1 aromatic carbocycles. The summed E-state index contributed by atoms with van der Waals surface area (Å²) in [6.45, 7) is 2.52. The first kappa shape index (κ1) is 9.86. The van der Waals surface area contributed by atoms with Gasteiger partial charge in [0, 0.05) is 5.56 Å². The molecule has 3 nitrogen and oxygen atoms in total. The van der Waals surface area contributed by atoms with E-state index in [4.69, 9.17) is 0 Å². The Morgan fingerprint density at radius 3 is 2.62 bits per heavy atom. The first-order valence-electron chi connectivity index (χ1n) is 4.32. The lowest BCUT2D eigenvalue weighted by molar-refractivity contribution is 0.438. The Kier molecular flexibility index (Phi) is 3.14. The van der Waals surface area contributed by atoms with E-state index in [1.807, 2.05) is 7.05 Å². The molecule has 0 saturated heterocycles. The largest absolute Gasteiger partial charge is 0.508 e. The van der Waals surface area contributed by atoms with Crippen molar-refractivity contribution in [1.82, 2.24) is 5.32 Å². The Hall–Kier alpha value is -1.22. The Morgan fingerprint density at radius 2 is 2.00 bits per heavy atom. The Labute approximate surface area is 78.0 Å². The third-order valence-electron chi connectivity index (χ3n) is 2.13. The minimum absolute atomic E-state index is 0.144. The zero-order valence-corrected chi connectivity index (χ0v) is 7.96. The molecule has 0 aliphatic rings. The summed E-state index contributed by atoms with van der Waals surface area (Å²) in [4.78, 5) is 0. The second-order valence-electron chi connectivity index (χ2n) is 3.07. The first-order chi connectivity index (χ1) is 6.16. The van der Waals surface area contributed by atoms with Crippen LogP contribution in [0.4, 0.5) is 0 Å². The maximum Gasteiger partial charge on any atom is 0.125 e. The molecule has 0 radical (unpaired) electrons. The molecule has 0 aliphatic heterocycles. The fraction of sp³-hybridized carbons (Fsp3) is 0.400. The average Bonchev–Trinajstić information content (AvgIpc) is 2.13. The summed E-state index contributed by atoms with van der Waals surface area (Å²) in [5, 5.41) is 21.9. The molecule has 0 saturated carbocycles. The number of nitrogens with one attached hydrogen (secondary N) is 1. The maximum absolute atomic E-state index is 9.62. The van der Waals surface area contributed by atoms with E-state index in [1.54, 1.807) is 19.1 Å². The Balaban J connectivity index is 2.90. The molecule has 1 aromatic rings. The first-order valence-corrected chi connectivity index (χ1v) is 4.32. The fourth-order valence-electron chi connectivity index (χ4n) is 1.21. The van der Waals surface area contributed by atoms with Crippen LogP contribution in [0.5, 0.6) is 11.5 Å². The van der Waals surface area contributed by atoms with Gasteiger partial charge in [0.05, 0.1) is 0 Å². The molecule has 0 aliphatic carbocycles. The highest BCUT2D eigenvalue weighted by Crippen LogP contribution is 2.29. The van der Waals surface area contributed by atoms with Gasteiger partial charge in [0.25, 0.3) is 0 Å². The van der Waals surface area contributed by atoms with Crippen molar-refractivity contribution in [3.63, 3.8) is 0 Å². The zero-order chi connectivity index (χ0) is 9.84. The molecule has 1 rings (SSSR count). The topological polar surface area (TPSA) is 52.5 Å². The van der Waals surface area contributed by atoms with Gasteiger partial charge in [-0.2, -0.15) is 0 Å². The molecule has 3 heteroatoms. The van der Waals surface area contributed by atoms with E-state index in [-0.39, 0.29) is 11.5 Å². The number of phenolic OH excluding ortho intramolecular Hbond substituents is 2. The molecule has 0 unspecified atom stereocenters. The zero-order valence-electron chi connectivity index (χ0n) is 7.96. The van der Waals surface area contributed by atoms with Crippen LogP contribution in [-0.4, -0.2) is 23.8 Å². The molecule has 13 heavy (non-hydrogen) atoms. The molecule has 0 amide bonds. The molecule has 0 bridgehead atoms. The van der Waals surface area contributed by atoms with Gasteiger partial charge in [-0.25, -0.2) is 0 Å². The lowest BCUT2D eigenvalue weighted by Gasteiger charge is -2.07. The molecule has 0 aromatic heterocycles. The van der Waals surface area contributed by atoms with Gasteiger partial charge < -0.3 is 15.5 Å². The van der Waals surface area contributed by atoms with Gasteiger partial charge in [0.1, 0.15) is 11.5 Å². The van der Waals surface area contributed by atoms with Gasteiger partial charge in [-0.1, -0.05) is 6.07 Å². The molecule has 0 fully saturated rings. The summed E-state index contributed by atoms with van der Waals surface area (Å²) >= 11 is 0. The predicted molar refractivity (Wildman–Crippen MR) is 52.1 cm³/mol. The SMILES string of the molecule is CNCCc1ccc(O)c(C)c1O. The van der Waals surface area contributed by atoms with Crippen molar-refractivity contribution in [3.8, 4) is 11.5 Å². The average molecular weight is 181 g/mol. The van der Waals surface area contributed by atoms with E-state index < -0.39 is 0 Å². The minimum Gasteiger partial charge on any atom is -0.508 e. The third kappa shape index (κ3) is 2.12. The minimum atomic E-state index is 0.144. The van der Waals surface area contributed by atoms with Gasteiger partial charge in [-0.05, 0) is 38.6 Å². The molecular weight excluding hydrogens is 166 g/mol. The van der Waals surface area contributed by atoms with Crippen molar-refractivity contribution in [2.24, 2.45) is 0 Å². The van der Waals surface area contributed by atoms with Crippen LogP contribution in [0.3, 0.4) is 0 Å². The van der Waals surface area contributed by atoms with Crippen molar-refractivity contribution in [2.75, 3.05) is 13.6 Å². The summed E-state index contributed by atoms with van der Waals surface area (Å²) in [5.74, 6) is 0.348. The smallest absolute Gasteiger partial charge is 0.125 e. The van der Waals surface area contributed by atoms with E-state index >= 15 is 0 Å². The summed E-state index contributed by atoms with van der Waals surface area (Å²) in [6.07, 6.45) is 0.767. The van der Waals surface area contributed by atoms with Crippen molar-refractivity contribution in [1.29, 1.82) is 0 Å². The van der Waals surface area contributed by atoms with Crippen LogP contribution in [0.25, 0.3) is 0 Å². The number of benzene rings is 1. The Bertz CT molecular complexity index is 297. The van der Waals surface area contributed by atoms with Crippen LogP contribution in [0.2, 0.25) is 0 Å². The summed E-state index contributed by atoms with van der Waals surface area (Å²) in [7, 11) is 1.87. The molecule has 3 N–H and O–H groups in total. The lowest BCUT2D eigenvalue weighted by atomic mass is 10.1. The van der Waals surface area contributed by atoms with E-state index in [0.29, 0.717) is 5.56 Å². The van der Waals surface area contributed by atoms with Gasteiger partial charge >= 0.3 is 0 Å². The van der Waals surface area contributed by atoms with Crippen LogP contribution >= 0.6 is 0 Å². The predicted octanol–water partition coefficient (Wildman–Crippen LogP) is 1.17. The highest BCUT2D eigenvalue weighted by atomic mass is 16.3. The fourth-order valence-corrected chi connectivity index (χ4v) is 1.21. The highest BCUT2D eigenvalue weighted by Gasteiger charge is 2.06. The van der Waals surface area contributed by atoms with Crippen LogP contribution in [0.15, 0.2) is 12.1 Å². The van der Waals surface area contributed by atoms with Crippen molar-refractivity contribution < 1.29 is 10.2 Å². The standard InChI is InChI=1S/C10H15NO2/c1-7-9(12)4-3-8(10(7)13)5-6-11-2/h3-4,11-13H,5-6H2,1-2H3. The number of aromatic hydroxyl groups is 2. The monoisotopic (exact) mass is 181 g/mol. The molecule has 0 atom stereocenters. The molecular formula is C10H15NO2. The second kappa shape index (κ2) is 4.14. The van der Waals surface area contributed by atoms with Crippen LogP contribution in [-0.2, 0) is 6.42 Å². The van der Waals surface area contributed by atoms with E-state index in [0.717, 1.165) is 18.5 Å². The quantitative estimate of drug-likeness (QED) is 0.656. The number of rotatable bonds is 3. The normalized spacial score (nSPS) is 10.3. The van der Waals surface area contributed by atoms with Gasteiger partial charge in [-0.15, -0.1) is 0 Å². The number of likely N-dealkylation sites (N-methyl/N-ethyl adjacent to an activating group) is 1. The van der Waals surface area contributed by atoms with Crippen LogP contribution < -0.4 is 5.32 Å². The number of hydrogen-bond donors (Lipinski definition) is 3. The van der Waals surface area contributed by atoms with Crippen molar-refractivity contribution >= 4 is 0 Å². The van der Waals surface area contributed by atoms with Gasteiger partial charge in [0.2, 0.25) is 0 Å². The molecule has 0 spiro atoms. The number of hydrogen-bond acceptors (Lipinski definition) is 3. The van der Waals surface area contributed by atoms with Crippen LogP contribution in [0, 0.1) is 6.92 Å². The summed E-state index contributed by atoms with van der Waals surface area (Å²) in [6, 6.07) is 3.36. The summed E-state index contributed by atoms with van der Waals surface area (Å²) < 4.78 is 0.